The molecular formula is C15H10ClF3N6OS2. The van der Waals surface area contributed by atoms with Crippen LogP contribution in [0.15, 0.2) is 46.7 Å². The van der Waals surface area contributed by atoms with Crippen molar-refractivity contribution < 1.29 is 18.0 Å². The van der Waals surface area contributed by atoms with E-state index in [0.717, 1.165) is 11.5 Å². The zero-order chi connectivity index (χ0) is 20.1. The SMILES string of the molecule is O=C(NCC(F)(F)F)c1ccc(Sc2nc(Cl)cc(Nc3ncns3)n2)cc1. The molecule has 28 heavy (non-hydrogen) atoms. The van der Waals surface area contributed by atoms with Crippen molar-refractivity contribution in [2.24, 2.45) is 0 Å². The van der Waals surface area contributed by atoms with Gasteiger partial charge in [-0.2, -0.15) is 17.5 Å². The van der Waals surface area contributed by atoms with E-state index in [-0.39, 0.29) is 10.7 Å². The third-order valence-corrected chi connectivity index (χ3v) is 4.69. The molecule has 0 saturated heterocycles. The number of anilines is 2. The van der Waals surface area contributed by atoms with Crippen molar-refractivity contribution in [3.05, 3.63) is 47.4 Å². The minimum Gasteiger partial charge on any atom is -0.343 e. The number of aromatic nitrogens is 4. The fraction of sp³-hybridized carbons (Fsp3) is 0.133. The summed E-state index contributed by atoms with van der Waals surface area (Å²) in [6.07, 6.45) is -3.06. The third-order valence-electron chi connectivity index (χ3n) is 3.05. The van der Waals surface area contributed by atoms with Crippen LogP contribution in [0.3, 0.4) is 0 Å². The zero-order valence-corrected chi connectivity index (χ0v) is 16.1. The first-order valence-electron chi connectivity index (χ1n) is 7.50. The molecule has 3 aromatic rings. The quantitative estimate of drug-likeness (QED) is 0.433. The molecule has 2 N–H and O–H groups in total. The number of nitrogens with zero attached hydrogens (tertiary/aromatic N) is 4. The highest BCUT2D eigenvalue weighted by Crippen LogP contribution is 2.28. The van der Waals surface area contributed by atoms with Crippen LogP contribution >= 0.6 is 34.9 Å². The molecular weight excluding hydrogens is 437 g/mol. The normalized spacial score (nSPS) is 11.3. The van der Waals surface area contributed by atoms with Crippen molar-refractivity contribution in [3.8, 4) is 0 Å². The molecule has 0 aliphatic heterocycles. The molecule has 1 aromatic carbocycles. The van der Waals surface area contributed by atoms with Crippen molar-refractivity contribution in [2.75, 3.05) is 11.9 Å². The highest BCUT2D eigenvalue weighted by atomic mass is 35.5. The number of rotatable bonds is 6. The minimum absolute atomic E-state index is 0.110. The molecule has 0 radical (unpaired) electrons. The first-order valence-corrected chi connectivity index (χ1v) is 9.46. The van der Waals surface area contributed by atoms with Crippen LogP contribution in [0.25, 0.3) is 0 Å². The van der Waals surface area contributed by atoms with Gasteiger partial charge in [0, 0.05) is 28.1 Å². The predicted molar refractivity (Wildman–Crippen MR) is 99.2 cm³/mol. The van der Waals surface area contributed by atoms with E-state index < -0.39 is 18.6 Å². The molecule has 0 spiro atoms. The number of nitrogens with one attached hydrogen (secondary N) is 2. The summed E-state index contributed by atoms with van der Waals surface area (Å²) in [4.78, 5) is 24.8. The van der Waals surface area contributed by atoms with Gasteiger partial charge in [0.2, 0.25) is 5.13 Å². The zero-order valence-electron chi connectivity index (χ0n) is 13.7. The molecule has 3 rings (SSSR count). The summed E-state index contributed by atoms with van der Waals surface area (Å²) >= 11 is 8.34. The molecule has 0 fully saturated rings. The number of amides is 1. The van der Waals surface area contributed by atoms with Gasteiger partial charge in [-0.1, -0.05) is 11.6 Å². The predicted octanol–water partition coefficient (Wildman–Crippen LogP) is 4.17. The Balaban J connectivity index is 1.67. The van der Waals surface area contributed by atoms with Crippen molar-refractivity contribution in [1.82, 2.24) is 24.6 Å². The average Bonchev–Trinajstić information content (AvgIpc) is 3.12. The van der Waals surface area contributed by atoms with Gasteiger partial charge in [0.15, 0.2) is 5.16 Å². The molecule has 0 saturated carbocycles. The van der Waals surface area contributed by atoms with Gasteiger partial charge in [-0.25, -0.2) is 15.0 Å². The first kappa shape index (κ1) is 20.3. The van der Waals surface area contributed by atoms with Crippen molar-refractivity contribution in [1.29, 1.82) is 0 Å². The highest BCUT2D eigenvalue weighted by molar-refractivity contribution is 7.99. The van der Waals surface area contributed by atoms with Gasteiger partial charge < -0.3 is 10.6 Å². The van der Waals surface area contributed by atoms with E-state index in [1.165, 1.54) is 36.3 Å². The van der Waals surface area contributed by atoms with Crippen molar-refractivity contribution in [3.63, 3.8) is 0 Å². The monoisotopic (exact) mass is 446 g/mol. The molecule has 13 heteroatoms. The summed E-state index contributed by atoms with van der Waals surface area (Å²) in [6.45, 7) is -1.39. The molecule has 0 atom stereocenters. The first-order chi connectivity index (χ1) is 13.3. The molecule has 2 aromatic heterocycles. The molecule has 0 aliphatic rings. The molecule has 146 valence electrons. The summed E-state index contributed by atoms with van der Waals surface area (Å²) in [6, 6.07) is 7.52. The largest absolute Gasteiger partial charge is 0.405 e. The minimum atomic E-state index is -4.46. The molecule has 0 aliphatic carbocycles. The van der Waals surface area contributed by atoms with Crippen molar-refractivity contribution in [2.45, 2.75) is 16.2 Å². The second-order valence-corrected chi connectivity index (χ2v) is 7.36. The summed E-state index contributed by atoms with van der Waals surface area (Å²) in [5.74, 6) is -0.376. The number of benzene rings is 1. The molecule has 0 unspecified atom stereocenters. The van der Waals surface area contributed by atoms with E-state index in [1.807, 2.05) is 5.32 Å². The number of carbonyl (C=O) groups excluding carboxylic acids is 1. The van der Waals surface area contributed by atoms with E-state index in [2.05, 4.69) is 24.6 Å². The van der Waals surface area contributed by atoms with Crippen LogP contribution in [0.5, 0.6) is 0 Å². The van der Waals surface area contributed by atoms with Crippen molar-refractivity contribution >= 4 is 51.8 Å². The van der Waals surface area contributed by atoms with Gasteiger partial charge in [0.1, 0.15) is 23.8 Å². The number of alkyl halides is 3. The lowest BCUT2D eigenvalue weighted by atomic mass is 10.2. The van der Waals surface area contributed by atoms with E-state index in [4.69, 9.17) is 11.6 Å². The molecule has 1 amide bonds. The van der Waals surface area contributed by atoms with E-state index in [1.54, 1.807) is 12.1 Å². The van der Waals surface area contributed by atoms with E-state index in [0.29, 0.717) is 21.0 Å². The lowest BCUT2D eigenvalue weighted by Crippen LogP contribution is -2.33. The maximum absolute atomic E-state index is 12.2. The summed E-state index contributed by atoms with van der Waals surface area (Å²) in [7, 11) is 0. The van der Waals surface area contributed by atoms with Gasteiger partial charge in [-0.3, -0.25) is 4.79 Å². The fourth-order valence-corrected chi connectivity index (χ4v) is 3.35. The number of halogens is 4. The van der Waals surface area contributed by atoms with Gasteiger partial charge in [-0.15, -0.1) is 0 Å². The third kappa shape index (κ3) is 6.04. The van der Waals surface area contributed by atoms with Crippen LogP contribution in [0.2, 0.25) is 5.15 Å². The van der Waals surface area contributed by atoms with Crippen LogP contribution < -0.4 is 10.6 Å². The summed E-state index contributed by atoms with van der Waals surface area (Å²) < 4.78 is 40.4. The Labute approximate surface area is 169 Å². The summed E-state index contributed by atoms with van der Waals surface area (Å²) in [5.41, 5.74) is 0.110. The van der Waals surface area contributed by atoms with Gasteiger partial charge in [0.25, 0.3) is 5.91 Å². The topological polar surface area (TPSA) is 92.7 Å². The number of carbonyl (C=O) groups is 1. The molecule has 7 nitrogen and oxygen atoms in total. The Bertz CT molecular complexity index is 953. The van der Waals surface area contributed by atoms with Gasteiger partial charge >= 0.3 is 6.18 Å². The van der Waals surface area contributed by atoms with E-state index in [9.17, 15) is 18.0 Å². The second-order valence-electron chi connectivity index (χ2n) is 5.15. The van der Waals surface area contributed by atoms with E-state index >= 15 is 0 Å². The Morgan fingerprint density at radius 2 is 1.96 bits per heavy atom. The van der Waals surface area contributed by atoms with Crippen LogP contribution in [-0.4, -0.2) is 38.0 Å². The van der Waals surface area contributed by atoms with Gasteiger partial charge in [0.05, 0.1) is 0 Å². The lowest BCUT2D eigenvalue weighted by molar-refractivity contribution is -0.123. The smallest absolute Gasteiger partial charge is 0.343 e. The lowest BCUT2D eigenvalue weighted by Gasteiger charge is -2.09. The Kier molecular flexibility index (Phi) is 6.31. The van der Waals surface area contributed by atoms with Crippen LogP contribution in [0.4, 0.5) is 24.1 Å². The maximum atomic E-state index is 12.2. The second kappa shape index (κ2) is 8.71. The summed E-state index contributed by atoms with van der Waals surface area (Å²) in [5, 5.41) is 5.86. The molecule has 0 bridgehead atoms. The number of hydrogen-bond acceptors (Lipinski definition) is 8. The number of hydrogen-bond donors (Lipinski definition) is 2. The van der Waals surface area contributed by atoms with Crippen LogP contribution in [0.1, 0.15) is 10.4 Å². The Morgan fingerprint density at radius 1 is 1.21 bits per heavy atom. The van der Waals surface area contributed by atoms with Gasteiger partial charge in [-0.05, 0) is 36.0 Å². The Morgan fingerprint density at radius 3 is 2.61 bits per heavy atom. The van der Waals surface area contributed by atoms with Crippen LogP contribution in [0, 0.1) is 0 Å². The van der Waals surface area contributed by atoms with Crippen LogP contribution in [-0.2, 0) is 0 Å². The molecule has 2 heterocycles. The maximum Gasteiger partial charge on any atom is 0.405 e. The fourth-order valence-electron chi connectivity index (χ4n) is 1.91. The average molecular weight is 447 g/mol. The highest BCUT2D eigenvalue weighted by Gasteiger charge is 2.27. The standard InChI is InChI=1S/C15H10ClF3N6OS2/c16-10-5-11(24-13-21-7-22-28-13)25-14(23-10)27-9-3-1-8(2-4-9)12(26)20-6-15(17,18)19/h1-5,7H,6H2,(H,20,26)(H,21,22,23,24,25). The Hall–Kier alpha value is -2.44.